The average Bonchev–Trinajstić information content (AvgIpc) is 2.53. The molecule has 1 unspecified atom stereocenters. The molecule has 1 aromatic rings. The van der Waals surface area contributed by atoms with Crippen LogP contribution in [0.25, 0.3) is 0 Å². The molecule has 78 valence electrons. The van der Waals surface area contributed by atoms with Gasteiger partial charge >= 0.3 is 0 Å². The van der Waals surface area contributed by atoms with Crippen LogP contribution in [0.5, 0.6) is 0 Å². The molecule has 2 rings (SSSR count). The maximum atomic E-state index is 11.4. The van der Waals surface area contributed by atoms with Crippen LogP contribution in [0, 0.1) is 0 Å². The number of rotatable bonds is 2. The number of likely N-dealkylation sites (N-methyl/N-ethyl adjacent to an activating group) is 1. The number of hydrogen-bond acceptors (Lipinski definition) is 3. The van der Waals surface area contributed by atoms with Crippen molar-refractivity contribution in [1.82, 2.24) is 0 Å². The number of benzene rings is 1. The molecule has 15 heavy (non-hydrogen) atoms. The van der Waals surface area contributed by atoms with Crippen LogP contribution in [0.3, 0.4) is 0 Å². The number of anilines is 1. The lowest BCUT2D eigenvalue weighted by Crippen LogP contribution is -2.20. The summed E-state index contributed by atoms with van der Waals surface area (Å²) in [6, 6.07) is 4.85. The van der Waals surface area contributed by atoms with Crippen molar-refractivity contribution in [1.29, 1.82) is 0 Å². The van der Waals surface area contributed by atoms with E-state index in [1.165, 1.54) is 0 Å². The molecule has 1 amide bonds. The summed E-state index contributed by atoms with van der Waals surface area (Å²) in [5.74, 6) is 0.0711. The Kier molecular flexibility index (Phi) is 2.28. The summed E-state index contributed by atoms with van der Waals surface area (Å²) in [6.45, 7) is 0. The first-order valence-electron chi connectivity index (χ1n) is 4.73. The lowest BCUT2D eigenvalue weighted by atomic mass is 10.0. The van der Waals surface area contributed by atoms with Crippen LogP contribution in [-0.4, -0.2) is 19.2 Å². The van der Waals surface area contributed by atoms with Crippen molar-refractivity contribution in [3.8, 4) is 0 Å². The third kappa shape index (κ3) is 1.53. The number of carbonyl (C=O) groups is 2. The van der Waals surface area contributed by atoms with E-state index in [9.17, 15) is 9.59 Å². The molecule has 1 atom stereocenters. The van der Waals surface area contributed by atoms with Gasteiger partial charge in [0.05, 0.1) is 12.5 Å². The zero-order valence-corrected chi connectivity index (χ0v) is 8.43. The van der Waals surface area contributed by atoms with E-state index in [1.807, 2.05) is 12.1 Å². The first kappa shape index (κ1) is 9.86. The van der Waals surface area contributed by atoms with E-state index in [0.717, 1.165) is 16.8 Å². The second kappa shape index (κ2) is 3.47. The maximum Gasteiger partial charge on any atom is 0.231 e. The molecule has 1 aromatic carbocycles. The quantitative estimate of drug-likeness (QED) is 0.709. The van der Waals surface area contributed by atoms with E-state index in [4.69, 9.17) is 5.73 Å². The molecular formula is C11H12N2O2. The van der Waals surface area contributed by atoms with Gasteiger partial charge in [0.15, 0.2) is 0 Å². The van der Waals surface area contributed by atoms with Crippen LogP contribution in [0.1, 0.15) is 17.2 Å². The van der Waals surface area contributed by atoms with E-state index in [-0.39, 0.29) is 5.91 Å². The largest absolute Gasteiger partial charge is 0.318 e. The molecule has 0 saturated heterocycles. The second-order valence-corrected chi connectivity index (χ2v) is 3.68. The van der Waals surface area contributed by atoms with Crippen LogP contribution in [0.15, 0.2) is 18.2 Å². The number of aldehydes is 1. The Morgan fingerprint density at radius 1 is 1.53 bits per heavy atom. The Labute approximate surface area is 87.7 Å². The van der Waals surface area contributed by atoms with Gasteiger partial charge in [-0.05, 0) is 17.2 Å². The smallest absolute Gasteiger partial charge is 0.231 e. The monoisotopic (exact) mass is 204 g/mol. The zero-order valence-electron chi connectivity index (χ0n) is 8.43. The second-order valence-electron chi connectivity index (χ2n) is 3.68. The van der Waals surface area contributed by atoms with Crippen molar-refractivity contribution in [2.75, 3.05) is 11.9 Å². The first-order chi connectivity index (χ1) is 7.13. The predicted octanol–water partition coefficient (Wildman–Crippen LogP) is 0.404. The minimum atomic E-state index is -0.601. The highest BCUT2D eigenvalue weighted by atomic mass is 16.2. The van der Waals surface area contributed by atoms with E-state index in [0.29, 0.717) is 12.7 Å². The number of hydrogen-bond donors (Lipinski definition) is 1. The van der Waals surface area contributed by atoms with Crippen molar-refractivity contribution < 1.29 is 9.59 Å². The van der Waals surface area contributed by atoms with Crippen LogP contribution < -0.4 is 10.6 Å². The third-order valence-corrected chi connectivity index (χ3v) is 2.71. The minimum Gasteiger partial charge on any atom is -0.318 e. The van der Waals surface area contributed by atoms with Gasteiger partial charge in [0.1, 0.15) is 6.29 Å². The van der Waals surface area contributed by atoms with Gasteiger partial charge in [-0.3, -0.25) is 4.79 Å². The molecule has 1 aliphatic rings. The van der Waals surface area contributed by atoms with Crippen molar-refractivity contribution in [3.63, 3.8) is 0 Å². The lowest BCUT2D eigenvalue weighted by molar-refractivity contribution is -0.117. The molecule has 0 radical (unpaired) electrons. The van der Waals surface area contributed by atoms with Crippen LogP contribution >= 0.6 is 0 Å². The fourth-order valence-corrected chi connectivity index (χ4v) is 1.78. The predicted molar refractivity (Wildman–Crippen MR) is 56.5 cm³/mol. The summed E-state index contributed by atoms with van der Waals surface area (Å²) >= 11 is 0. The summed E-state index contributed by atoms with van der Waals surface area (Å²) in [5, 5.41) is 0. The summed E-state index contributed by atoms with van der Waals surface area (Å²) < 4.78 is 0. The van der Waals surface area contributed by atoms with Gasteiger partial charge in [-0.1, -0.05) is 12.1 Å². The third-order valence-electron chi connectivity index (χ3n) is 2.71. The van der Waals surface area contributed by atoms with Crippen molar-refractivity contribution in [3.05, 3.63) is 29.3 Å². The van der Waals surface area contributed by atoms with Crippen LogP contribution in [-0.2, 0) is 16.0 Å². The molecule has 1 aliphatic heterocycles. The molecule has 1 heterocycles. The van der Waals surface area contributed by atoms with E-state index in [2.05, 4.69) is 0 Å². The fraction of sp³-hybridized carbons (Fsp3) is 0.273. The molecule has 2 N–H and O–H groups in total. The van der Waals surface area contributed by atoms with E-state index in [1.54, 1.807) is 18.0 Å². The van der Waals surface area contributed by atoms with Crippen LogP contribution in [0.4, 0.5) is 5.69 Å². The lowest BCUT2D eigenvalue weighted by Gasteiger charge is -2.11. The Hall–Kier alpha value is -1.68. The van der Waals surface area contributed by atoms with Gasteiger partial charge in [0, 0.05) is 12.7 Å². The highest BCUT2D eigenvalue weighted by Gasteiger charge is 2.24. The number of fused-ring (bicyclic) bond motifs is 1. The van der Waals surface area contributed by atoms with Gasteiger partial charge in [-0.25, -0.2) is 0 Å². The highest BCUT2D eigenvalue weighted by Crippen LogP contribution is 2.29. The van der Waals surface area contributed by atoms with Crippen LogP contribution in [0.2, 0.25) is 0 Å². The summed E-state index contributed by atoms with van der Waals surface area (Å²) in [6.07, 6.45) is 1.09. The van der Waals surface area contributed by atoms with Crippen molar-refractivity contribution in [2.45, 2.75) is 12.5 Å². The molecule has 0 aromatic heterocycles. The van der Waals surface area contributed by atoms with Gasteiger partial charge in [-0.2, -0.15) is 0 Å². The summed E-state index contributed by atoms with van der Waals surface area (Å²) in [7, 11) is 1.74. The molecule has 0 aliphatic carbocycles. The topological polar surface area (TPSA) is 63.4 Å². The summed E-state index contributed by atoms with van der Waals surface area (Å²) in [4.78, 5) is 23.6. The highest BCUT2D eigenvalue weighted by molar-refractivity contribution is 6.01. The van der Waals surface area contributed by atoms with E-state index < -0.39 is 6.04 Å². The Morgan fingerprint density at radius 2 is 2.27 bits per heavy atom. The minimum absolute atomic E-state index is 0.0711. The van der Waals surface area contributed by atoms with Crippen molar-refractivity contribution in [2.24, 2.45) is 5.73 Å². The maximum absolute atomic E-state index is 11.4. The molecule has 4 nitrogen and oxygen atoms in total. The number of carbonyl (C=O) groups excluding carboxylic acids is 2. The first-order valence-corrected chi connectivity index (χ1v) is 4.73. The number of nitrogens with zero attached hydrogens (tertiary/aromatic N) is 1. The molecule has 0 spiro atoms. The summed E-state index contributed by atoms with van der Waals surface area (Å²) in [5.41, 5.74) is 8.19. The Morgan fingerprint density at radius 3 is 2.93 bits per heavy atom. The Balaban J connectivity index is 2.41. The van der Waals surface area contributed by atoms with Gasteiger partial charge in [0.25, 0.3) is 0 Å². The molecule has 4 heteroatoms. The Bertz CT molecular complexity index is 429. The van der Waals surface area contributed by atoms with Crippen molar-refractivity contribution >= 4 is 17.9 Å². The molecule has 0 bridgehead atoms. The average molecular weight is 204 g/mol. The number of nitrogens with two attached hydrogens (primary N) is 1. The molecular weight excluding hydrogens is 192 g/mol. The molecule has 0 saturated carbocycles. The van der Waals surface area contributed by atoms with Gasteiger partial charge < -0.3 is 15.4 Å². The fourth-order valence-electron chi connectivity index (χ4n) is 1.78. The van der Waals surface area contributed by atoms with Gasteiger partial charge in [0.2, 0.25) is 5.91 Å². The van der Waals surface area contributed by atoms with E-state index >= 15 is 0 Å². The zero-order chi connectivity index (χ0) is 11.0. The standard InChI is InChI=1S/C11H12N2O2/c1-13-10-3-2-7(9(12)6-14)4-8(10)5-11(13)15/h2-4,6,9H,5,12H2,1H3. The number of amides is 1. The van der Waals surface area contributed by atoms with Gasteiger partial charge in [-0.15, -0.1) is 0 Å². The molecule has 0 fully saturated rings. The SMILES string of the molecule is CN1C(=O)Cc2cc(C(N)C=O)ccc21. The normalized spacial score (nSPS) is 16.4.